The standard InChI is InChI=1S/C10H17N3O2/c11-9-6-8(15-13-9)5-7-3-1-2-4-10(14)12-7/h7-8H,1-6H2,(H2,11,13)(H,12,14). The summed E-state index contributed by atoms with van der Waals surface area (Å²) >= 11 is 0. The van der Waals surface area contributed by atoms with Crippen LogP contribution in [0.2, 0.25) is 0 Å². The third kappa shape index (κ3) is 2.84. The Kier molecular flexibility index (Phi) is 3.08. The Morgan fingerprint density at radius 2 is 2.40 bits per heavy atom. The lowest BCUT2D eigenvalue weighted by molar-refractivity contribution is -0.121. The molecule has 0 aliphatic carbocycles. The summed E-state index contributed by atoms with van der Waals surface area (Å²) in [5.41, 5.74) is 5.53. The zero-order valence-corrected chi connectivity index (χ0v) is 8.74. The number of amides is 1. The molecule has 0 aromatic heterocycles. The highest BCUT2D eigenvalue weighted by atomic mass is 16.6. The molecule has 2 aliphatic heterocycles. The van der Waals surface area contributed by atoms with Crippen molar-refractivity contribution in [2.24, 2.45) is 10.9 Å². The number of oxime groups is 1. The van der Waals surface area contributed by atoms with Gasteiger partial charge in [0.05, 0.1) is 0 Å². The topological polar surface area (TPSA) is 76.7 Å². The average Bonchev–Trinajstić information content (AvgIpc) is 2.46. The summed E-state index contributed by atoms with van der Waals surface area (Å²) in [6.45, 7) is 0. The maximum Gasteiger partial charge on any atom is 0.220 e. The molecule has 5 heteroatoms. The maximum absolute atomic E-state index is 11.3. The van der Waals surface area contributed by atoms with Crippen LogP contribution < -0.4 is 11.1 Å². The summed E-state index contributed by atoms with van der Waals surface area (Å²) in [4.78, 5) is 16.5. The smallest absolute Gasteiger partial charge is 0.220 e. The van der Waals surface area contributed by atoms with Gasteiger partial charge < -0.3 is 15.9 Å². The fourth-order valence-corrected chi connectivity index (χ4v) is 2.12. The number of hydrogen-bond donors (Lipinski definition) is 2. The SMILES string of the molecule is NC1=NOC(CC2CCCCC(=O)N2)C1. The van der Waals surface area contributed by atoms with Crippen molar-refractivity contribution in [3.8, 4) is 0 Å². The number of hydrogen-bond acceptors (Lipinski definition) is 4. The third-order valence-electron chi connectivity index (χ3n) is 2.87. The van der Waals surface area contributed by atoms with E-state index in [-0.39, 0.29) is 18.1 Å². The molecule has 1 fully saturated rings. The summed E-state index contributed by atoms with van der Waals surface area (Å²) < 4.78 is 0. The van der Waals surface area contributed by atoms with Crippen molar-refractivity contribution in [3.05, 3.63) is 0 Å². The first-order valence-electron chi connectivity index (χ1n) is 5.51. The van der Waals surface area contributed by atoms with Gasteiger partial charge in [0, 0.05) is 25.3 Å². The Hall–Kier alpha value is -1.26. The number of carbonyl (C=O) groups is 1. The molecule has 15 heavy (non-hydrogen) atoms. The second-order valence-corrected chi connectivity index (χ2v) is 4.26. The van der Waals surface area contributed by atoms with Crippen molar-refractivity contribution in [1.82, 2.24) is 5.32 Å². The van der Waals surface area contributed by atoms with Crippen LogP contribution >= 0.6 is 0 Å². The predicted molar refractivity (Wildman–Crippen MR) is 56.1 cm³/mol. The van der Waals surface area contributed by atoms with Crippen molar-refractivity contribution in [1.29, 1.82) is 0 Å². The molecular formula is C10H17N3O2. The summed E-state index contributed by atoms with van der Waals surface area (Å²) in [7, 11) is 0. The van der Waals surface area contributed by atoms with Crippen LogP contribution in [0.3, 0.4) is 0 Å². The van der Waals surface area contributed by atoms with Gasteiger partial charge in [0.1, 0.15) is 11.9 Å². The summed E-state index contributed by atoms with van der Waals surface area (Å²) in [5, 5.41) is 6.72. The molecule has 2 atom stereocenters. The van der Waals surface area contributed by atoms with E-state index in [0.717, 1.165) is 25.7 Å². The van der Waals surface area contributed by atoms with E-state index >= 15 is 0 Å². The molecule has 2 heterocycles. The maximum atomic E-state index is 11.3. The van der Waals surface area contributed by atoms with E-state index in [2.05, 4.69) is 10.5 Å². The molecule has 3 N–H and O–H groups in total. The van der Waals surface area contributed by atoms with Gasteiger partial charge in [-0.05, 0) is 12.8 Å². The van der Waals surface area contributed by atoms with E-state index in [1.165, 1.54) is 0 Å². The van der Waals surface area contributed by atoms with E-state index in [4.69, 9.17) is 10.6 Å². The van der Waals surface area contributed by atoms with Crippen molar-refractivity contribution < 1.29 is 9.63 Å². The molecule has 0 aromatic rings. The van der Waals surface area contributed by atoms with Gasteiger partial charge in [0.25, 0.3) is 0 Å². The molecular weight excluding hydrogens is 194 g/mol. The van der Waals surface area contributed by atoms with Crippen LogP contribution in [0.4, 0.5) is 0 Å². The van der Waals surface area contributed by atoms with E-state index < -0.39 is 0 Å². The van der Waals surface area contributed by atoms with Gasteiger partial charge in [0.2, 0.25) is 5.91 Å². The molecule has 0 saturated carbocycles. The van der Waals surface area contributed by atoms with Gasteiger partial charge in [-0.2, -0.15) is 0 Å². The van der Waals surface area contributed by atoms with Crippen molar-refractivity contribution in [2.45, 2.75) is 50.7 Å². The number of nitrogens with two attached hydrogens (primary N) is 1. The molecule has 84 valence electrons. The highest BCUT2D eigenvalue weighted by molar-refractivity contribution is 5.81. The van der Waals surface area contributed by atoms with Gasteiger partial charge in [0.15, 0.2) is 0 Å². The van der Waals surface area contributed by atoms with Crippen molar-refractivity contribution in [2.75, 3.05) is 0 Å². The molecule has 2 unspecified atom stereocenters. The van der Waals surface area contributed by atoms with E-state index in [9.17, 15) is 4.79 Å². The molecule has 2 rings (SSSR count). The lowest BCUT2D eigenvalue weighted by atomic mass is 10.0. The van der Waals surface area contributed by atoms with Crippen LogP contribution in [0.1, 0.15) is 38.5 Å². The second kappa shape index (κ2) is 4.51. The fraction of sp³-hybridized carbons (Fsp3) is 0.800. The largest absolute Gasteiger partial charge is 0.391 e. The number of rotatable bonds is 2. The second-order valence-electron chi connectivity index (χ2n) is 4.26. The first-order chi connectivity index (χ1) is 7.24. The Bertz CT molecular complexity index is 278. The molecule has 2 aliphatic rings. The van der Waals surface area contributed by atoms with Gasteiger partial charge >= 0.3 is 0 Å². The van der Waals surface area contributed by atoms with Gasteiger partial charge in [-0.1, -0.05) is 11.6 Å². The molecule has 0 aromatic carbocycles. The Balaban J connectivity index is 1.80. The first-order valence-corrected chi connectivity index (χ1v) is 5.51. The highest BCUT2D eigenvalue weighted by Crippen LogP contribution is 2.18. The van der Waals surface area contributed by atoms with Crippen LogP contribution in [0.5, 0.6) is 0 Å². The lowest BCUT2D eigenvalue weighted by Crippen LogP contribution is -2.35. The Labute approximate surface area is 89.0 Å². The van der Waals surface area contributed by atoms with Gasteiger partial charge in [-0.25, -0.2) is 0 Å². The summed E-state index contributed by atoms with van der Waals surface area (Å²) in [5.74, 6) is 0.712. The van der Waals surface area contributed by atoms with E-state index in [0.29, 0.717) is 18.7 Å². The zero-order chi connectivity index (χ0) is 10.7. The summed E-state index contributed by atoms with van der Waals surface area (Å²) in [6.07, 6.45) is 5.33. The quantitative estimate of drug-likeness (QED) is 0.698. The highest BCUT2D eigenvalue weighted by Gasteiger charge is 2.25. The average molecular weight is 211 g/mol. The van der Waals surface area contributed by atoms with Crippen molar-refractivity contribution >= 4 is 11.7 Å². The zero-order valence-electron chi connectivity index (χ0n) is 8.74. The van der Waals surface area contributed by atoms with Crippen LogP contribution in [-0.4, -0.2) is 23.9 Å². The Morgan fingerprint density at radius 1 is 1.53 bits per heavy atom. The molecule has 0 bridgehead atoms. The minimum Gasteiger partial charge on any atom is -0.391 e. The fourth-order valence-electron chi connectivity index (χ4n) is 2.12. The van der Waals surface area contributed by atoms with Crippen LogP contribution in [-0.2, 0) is 9.63 Å². The predicted octanol–water partition coefficient (Wildman–Crippen LogP) is 0.496. The Morgan fingerprint density at radius 3 is 3.13 bits per heavy atom. The molecule has 0 radical (unpaired) electrons. The minimum absolute atomic E-state index is 0.0494. The monoisotopic (exact) mass is 211 g/mol. The number of amidine groups is 1. The first kappa shape index (κ1) is 10.3. The number of carbonyl (C=O) groups excluding carboxylic acids is 1. The summed E-state index contributed by atoms with van der Waals surface area (Å²) in [6, 6.07) is 0.228. The molecule has 1 amide bonds. The molecule has 0 spiro atoms. The lowest BCUT2D eigenvalue weighted by Gasteiger charge is -2.18. The number of nitrogens with zero attached hydrogens (tertiary/aromatic N) is 1. The van der Waals surface area contributed by atoms with E-state index in [1.54, 1.807) is 0 Å². The normalized spacial score (nSPS) is 31.5. The van der Waals surface area contributed by atoms with Crippen LogP contribution in [0.15, 0.2) is 5.16 Å². The third-order valence-corrected chi connectivity index (χ3v) is 2.87. The van der Waals surface area contributed by atoms with Crippen LogP contribution in [0, 0.1) is 0 Å². The van der Waals surface area contributed by atoms with Crippen LogP contribution in [0.25, 0.3) is 0 Å². The van der Waals surface area contributed by atoms with Gasteiger partial charge in [-0.15, -0.1) is 0 Å². The minimum atomic E-state index is 0.0494. The molecule has 1 saturated heterocycles. The van der Waals surface area contributed by atoms with Crippen molar-refractivity contribution in [3.63, 3.8) is 0 Å². The van der Waals surface area contributed by atoms with Gasteiger partial charge in [-0.3, -0.25) is 4.79 Å². The molecule has 5 nitrogen and oxygen atoms in total. The van der Waals surface area contributed by atoms with E-state index in [1.807, 2.05) is 0 Å². The number of nitrogens with one attached hydrogen (secondary N) is 1.